The molecule has 1 amide bonds. The van der Waals surface area contributed by atoms with E-state index < -0.39 is 0 Å². The number of para-hydroxylation sites is 2. The molecule has 1 aliphatic rings. The van der Waals surface area contributed by atoms with Gasteiger partial charge in [-0.05, 0) is 31.0 Å². The number of hydrogen-bond acceptors (Lipinski definition) is 9. The number of hydrogen-bond donors (Lipinski definition) is 1. The van der Waals surface area contributed by atoms with Crippen LogP contribution in [0.5, 0.6) is 0 Å². The lowest BCUT2D eigenvalue weighted by molar-refractivity contribution is -0.113. The average molecular weight is 428 g/mol. The lowest BCUT2D eigenvalue weighted by Crippen LogP contribution is -2.14. The van der Waals surface area contributed by atoms with E-state index >= 15 is 0 Å². The first-order valence-corrected chi connectivity index (χ1v) is 10.8. The summed E-state index contributed by atoms with van der Waals surface area (Å²) in [5.41, 5.74) is 3.38. The second-order valence-corrected chi connectivity index (χ2v) is 8.47. The summed E-state index contributed by atoms with van der Waals surface area (Å²) in [7, 11) is 0. The van der Waals surface area contributed by atoms with Crippen molar-refractivity contribution in [1.82, 2.24) is 15.1 Å². The Kier molecular flexibility index (Phi) is 4.82. The van der Waals surface area contributed by atoms with Gasteiger partial charge in [-0.15, -0.1) is 11.3 Å². The second kappa shape index (κ2) is 7.62. The summed E-state index contributed by atoms with van der Waals surface area (Å²) in [6.45, 7) is 2.92. The molecular weight excluding hydrogens is 412 g/mol. The van der Waals surface area contributed by atoms with E-state index in [1.165, 1.54) is 23.1 Å². The molecule has 148 valence electrons. The largest absolute Gasteiger partial charge is 0.431 e. The highest BCUT2D eigenvalue weighted by Crippen LogP contribution is 2.42. The van der Waals surface area contributed by atoms with Crippen LogP contribution in [0.1, 0.15) is 16.3 Å². The lowest BCUT2D eigenvalue weighted by Gasteiger charge is -2.12. The molecule has 0 unspecified atom stereocenters. The van der Waals surface area contributed by atoms with Crippen LogP contribution in [0.3, 0.4) is 0 Å². The predicted octanol–water partition coefficient (Wildman–Crippen LogP) is 4.05. The zero-order valence-electron chi connectivity index (χ0n) is 15.4. The van der Waals surface area contributed by atoms with Gasteiger partial charge in [-0.1, -0.05) is 29.1 Å². The fourth-order valence-electron chi connectivity index (χ4n) is 3.15. The van der Waals surface area contributed by atoms with E-state index in [1.54, 1.807) is 6.92 Å². The number of fused-ring (bicyclic) bond motifs is 2. The molecule has 8 nitrogen and oxygen atoms in total. The molecule has 4 heterocycles. The van der Waals surface area contributed by atoms with Crippen molar-refractivity contribution in [2.75, 3.05) is 17.7 Å². The summed E-state index contributed by atoms with van der Waals surface area (Å²) in [6.07, 6.45) is 0.746. The number of thiophene rings is 1. The molecule has 0 aliphatic carbocycles. The van der Waals surface area contributed by atoms with E-state index in [0.29, 0.717) is 40.7 Å². The number of aromatic nitrogens is 3. The van der Waals surface area contributed by atoms with Gasteiger partial charge in [0, 0.05) is 4.88 Å². The van der Waals surface area contributed by atoms with E-state index in [1.807, 2.05) is 24.3 Å². The number of rotatable bonds is 5. The van der Waals surface area contributed by atoms with Gasteiger partial charge in [-0.25, -0.2) is 4.98 Å². The van der Waals surface area contributed by atoms with Crippen LogP contribution in [0.2, 0.25) is 0 Å². The maximum Gasteiger partial charge on any atom is 0.261 e. The third-order valence-electron chi connectivity index (χ3n) is 4.42. The number of thioether (sulfide) groups is 1. The van der Waals surface area contributed by atoms with Gasteiger partial charge in [-0.2, -0.15) is 4.98 Å². The normalized spacial score (nSPS) is 13.6. The van der Waals surface area contributed by atoms with Gasteiger partial charge in [0.1, 0.15) is 10.5 Å². The van der Waals surface area contributed by atoms with E-state index in [2.05, 4.69) is 20.4 Å². The Morgan fingerprint density at radius 2 is 2.21 bits per heavy atom. The maximum atomic E-state index is 12.6. The Hall–Kier alpha value is -2.69. The van der Waals surface area contributed by atoms with Crippen LogP contribution >= 0.6 is 23.1 Å². The molecule has 1 aromatic carbocycles. The zero-order chi connectivity index (χ0) is 19.8. The van der Waals surface area contributed by atoms with Gasteiger partial charge >= 0.3 is 0 Å². The van der Waals surface area contributed by atoms with Crippen molar-refractivity contribution in [3.63, 3.8) is 0 Å². The number of nitrogens with zero attached hydrogens (tertiary/aromatic N) is 3. The molecule has 0 saturated carbocycles. The van der Waals surface area contributed by atoms with Crippen LogP contribution in [-0.4, -0.2) is 33.4 Å². The van der Waals surface area contributed by atoms with Gasteiger partial charge in [0.05, 0.1) is 24.5 Å². The predicted molar refractivity (Wildman–Crippen MR) is 109 cm³/mol. The summed E-state index contributed by atoms with van der Waals surface area (Å²) in [6, 6.07) is 7.51. The van der Waals surface area contributed by atoms with Gasteiger partial charge < -0.3 is 19.0 Å². The van der Waals surface area contributed by atoms with Gasteiger partial charge in [-0.3, -0.25) is 4.79 Å². The molecule has 0 spiro atoms. The van der Waals surface area contributed by atoms with Crippen LogP contribution in [0.15, 0.2) is 38.4 Å². The average Bonchev–Trinajstić information content (AvgIpc) is 3.42. The Labute approximate surface area is 173 Å². The Morgan fingerprint density at radius 3 is 3.03 bits per heavy atom. The molecule has 0 bridgehead atoms. The van der Waals surface area contributed by atoms with Crippen molar-refractivity contribution in [3.05, 3.63) is 40.5 Å². The fraction of sp³-hybridized carbons (Fsp3) is 0.263. The Bertz CT molecular complexity index is 1160. The van der Waals surface area contributed by atoms with Gasteiger partial charge in [0.2, 0.25) is 5.91 Å². The van der Waals surface area contributed by atoms with E-state index in [0.717, 1.165) is 27.9 Å². The maximum absolute atomic E-state index is 12.6. The summed E-state index contributed by atoms with van der Waals surface area (Å²) in [5, 5.41) is 8.04. The van der Waals surface area contributed by atoms with Crippen LogP contribution in [-0.2, 0) is 22.6 Å². The number of amides is 1. The highest BCUT2D eigenvalue weighted by Gasteiger charge is 2.26. The number of carbonyl (C=O) groups is 1. The number of carbonyl (C=O) groups excluding carboxylic acids is 1. The molecule has 0 atom stereocenters. The molecule has 5 rings (SSSR count). The molecule has 10 heteroatoms. The number of aryl methyl sites for hydroxylation is 1. The summed E-state index contributed by atoms with van der Waals surface area (Å²) >= 11 is 2.74. The first kappa shape index (κ1) is 18.3. The smallest absolute Gasteiger partial charge is 0.261 e. The molecule has 1 aliphatic heterocycles. The molecule has 4 aromatic rings. The summed E-state index contributed by atoms with van der Waals surface area (Å²) in [5.74, 6) is 0.989. The molecule has 0 fully saturated rings. The number of oxazole rings is 1. The van der Waals surface area contributed by atoms with Crippen molar-refractivity contribution >= 4 is 45.1 Å². The molecule has 29 heavy (non-hydrogen) atoms. The minimum Gasteiger partial charge on any atom is -0.431 e. The molecule has 0 radical (unpaired) electrons. The van der Waals surface area contributed by atoms with E-state index in [-0.39, 0.29) is 11.7 Å². The van der Waals surface area contributed by atoms with Crippen LogP contribution in [0, 0.1) is 6.92 Å². The number of nitrogens with one attached hydrogen (secondary N) is 1. The highest BCUT2D eigenvalue weighted by molar-refractivity contribution is 7.99. The number of anilines is 1. The topological polar surface area (TPSA) is 103 Å². The van der Waals surface area contributed by atoms with E-state index in [9.17, 15) is 4.79 Å². The van der Waals surface area contributed by atoms with Gasteiger partial charge in [0.15, 0.2) is 11.4 Å². The minimum atomic E-state index is -0.158. The van der Waals surface area contributed by atoms with Crippen LogP contribution in [0.4, 0.5) is 5.00 Å². The lowest BCUT2D eigenvalue weighted by atomic mass is 10.1. The minimum absolute atomic E-state index is 0.158. The zero-order valence-corrected chi connectivity index (χ0v) is 17.1. The van der Waals surface area contributed by atoms with Crippen LogP contribution < -0.4 is 5.32 Å². The third kappa shape index (κ3) is 3.66. The summed E-state index contributed by atoms with van der Waals surface area (Å²) < 4.78 is 16.6. The van der Waals surface area contributed by atoms with Crippen molar-refractivity contribution in [1.29, 1.82) is 0 Å². The third-order valence-corrected chi connectivity index (χ3v) is 6.36. The van der Waals surface area contributed by atoms with Crippen molar-refractivity contribution in [2.45, 2.75) is 25.2 Å². The quantitative estimate of drug-likeness (QED) is 0.475. The SMILES string of the molecule is Cc1noc(-c2c(NC(=O)CSc3nc4ccccc4o3)sc3c2CCOC3)n1. The monoisotopic (exact) mass is 428 g/mol. The number of ether oxygens (including phenoxy) is 1. The first-order valence-electron chi connectivity index (χ1n) is 8.98. The summed E-state index contributed by atoms with van der Waals surface area (Å²) in [4.78, 5) is 22.4. The molecule has 0 saturated heterocycles. The Morgan fingerprint density at radius 1 is 1.31 bits per heavy atom. The number of benzene rings is 1. The standard InChI is InChI=1S/C19H16N4O4S2/c1-10-20-17(27-23-10)16-11-6-7-25-8-14(11)29-18(16)22-15(24)9-28-19-21-12-4-2-3-5-13(12)26-19/h2-5H,6-9H2,1H3,(H,22,24). The highest BCUT2D eigenvalue weighted by atomic mass is 32.2. The van der Waals surface area contributed by atoms with Crippen molar-refractivity contribution in [2.24, 2.45) is 0 Å². The van der Waals surface area contributed by atoms with Crippen molar-refractivity contribution < 1.29 is 18.5 Å². The van der Waals surface area contributed by atoms with Gasteiger partial charge in [0.25, 0.3) is 11.1 Å². The first-order chi connectivity index (χ1) is 14.2. The second-order valence-electron chi connectivity index (χ2n) is 6.44. The molecular formula is C19H16N4O4S2. The van der Waals surface area contributed by atoms with Crippen molar-refractivity contribution in [3.8, 4) is 11.5 Å². The Balaban J connectivity index is 1.35. The molecule has 1 N–H and O–H groups in total. The fourth-order valence-corrected chi connectivity index (χ4v) is 4.98. The van der Waals surface area contributed by atoms with Crippen LogP contribution in [0.25, 0.3) is 22.6 Å². The van der Waals surface area contributed by atoms with E-state index in [4.69, 9.17) is 13.7 Å². The molecule has 3 aromatic heterocycles.